The summed E-state index contributed by atoms with van der Waals surface area (Å²) in [5.41, 5.74) is 1.32. The number of carboxylic acid groups (broad SMARTS) is 1. The summed E-state index contributed by atoms with van der Waals surface area (Å²) in [6.07, 6.45) is 4.19. The molecular formula is C15H18N2O3. The highest BCUT2D eigenvalue weighted by Gasteiger charge is 2.09. The summed E-state index contributed by atoms with van der Waals surface area (Å²) in [7, 11) is 0. The fourth-order valence-corrected chi connectivity index (χ4v) is 1.60. The molecule has 0 aromatic heterocycles. The Morgan fingerprint density at radius 1 is 1.45 bits per heavy atom. The van der Waals surface area contributed by atoms with Crippen LogP contribution in [0.3, 0.4) is 0 Å². The van der Waals surface area contributed by atoms with E-state index in [1.807, 2.05) is 6.92 Å². The van der Waals surface area contributed by atoms with Gasteiger partial charge in [-0.2, -0.15) is 0 Å². The van der Waals surface area contributed by atoms with Crippen LogP contribution in [0, 0.1) is 0 Å². The van der Waals surface area contributed by atoms with Crippen LogP contribution in [0.15, 0.2) is 43.0 Å². The number of amides is 2. The average Bonchev–Trinajstić information content (AvgIpc) is 2.42. The van der Waals surface area contributed by atoms with Crippen molar-refractivity contribution in [2.75, 3.05) is 18.4 Å². The second-order valence-corrected chi connectivity index (χ2v) is 4.05. The fraction of sp³-hybridized carbons (Fsp3) is 0.200. The van der Waals surface area contributed by atoms with Crippen molar-refractivity contribution in [1.82, 2.24) is 4.90 Å². The van der Waals surface area contributed by atoms with Crippen LogP contribution in [0.25, 0.3) is 6.08 Å². The number of likely N-dealkylation sites (N-methyl/N-ethyl adjacent to an activating group) is 1. The van der Waals surface area contributed by atoms with Gasteiger partial charge in [0.1, 0.15) is 0 Å². The summed E-state index contributed by atoms with van der Waals surface area (Å²) in [6, 6.07) is 6.75. The zero-order chi connectivity index (χ0) is 15.0. The van der Waals surface area contributed by atoms with Gasteiger partial charge in [-0.1, -0.05) is 18.2 Å². The fourth-order valence-electron chi connectivity index (χ4n) is 1.60. The van der Waals surface area contributed by atoms with Crippen molar-refractivity contribution in [3.05, 3.63) is 48.6 Å². The molecule has 0 aliphatic rings. The van der Waals surface area contributed by atoms with Gasteiger partial charge in [0.15, 0.2) is 0 Å². The lowest BCUT2D eigenvalue weighted by Gasteiger charge is -2.19. The van der Waals surface area contributed by atoms with Gasteiger partial charge in [0.25, 0.3) is 0 Å². The molecule has 0 saturated heterocycles. The van der Waals surface area contributed by atoms with Crippen LogP contribution in [0.1, 0.15) is 12.5 Å². The van der Waals surface area contributed by atoms with Crippen LogP contribution < -0.4 is 5.32 Å². The van der Waals surface area contributed by atoms with Gasteiger partial charge < -0.3 is 15.3 Å². The summed E-state index contributed by atoms with van der Waals surface area (Å²) >= 11 is 0. The molecule has 0 bridgehead atoms. The monoisotopic (exact) mass is 274 g/mol. The number of carboxylic acids is 1. The molecule has 0 spiro atoms. The van der Waals surface area contributed by atoms with Crippen molar-refractivity contribution in [3.63, 3.8) is 0 Å². The number of carbonyl (C=O) groups is 2. The molecule has 0 radical (unpaired) electrons. The van der Waals surface area contributed by atoms with E-state index in [0.717, 1.165) is 6.08 Å². The number of carbonyl (C=O) groups excluding carboxylic acids is 1. The Morgan fingerprint density at radius 3 is 2.80 bits per heavy atom. The molecule has 0 fully saturated rings. The third kappa shape index (κ3) is 4.97. The summed E-state index contributed by atoms with van der Waals surface area (Å²) in [5.74, 6) is -1.01. The van der Waals surface area contributed by atoms with Gasteiger partial charge in [-0.3, -0.25) is 0 Å². The van der Waals surface area contributed by atoms with E-state index in [1.165, 1.54) is 6.08 Å². The highest BCUT2D eigenvalue weighted by atomic mass is 16.4. The number of hydrogen-bond acceptors (Lipinski definition) is 2. The molecule has 0 unspecified atom stereocenters. The third-order valence-corrected chi connectivity index (χ3v) is 2.57. The van der Waals surface area contributed by atoms with E-state index in [9.17, 15) is 9.59 Å². The zero-order valence-electron chi connectivity index (χ0n) is 11.4. The van der Waals surface area contributed by atoms with Crippen LogP contribution in [0.4, 0.5) is 10.5 Å². The van der Waals surface area contributed by atoms with E-state index in [0.29, 0.717) is 24.3 Å². The highest BCUT2D eigenvalue weighted by Crippen LogP contribution is 2.12. The first-order chi connectivity index (χ1) is 9.56. The number of urea groups is 1. The Bertz CT molecular complexity index is 524. The maximum atomic E-state index is 12.0. The van der Waals surface area contributed by atoms with E-state index in [-0.39, 0.29) is 6.03 Å². The summed E-state index contributed by atoms with van der Waals surface area (Å²) in [6.45, 7) is 6.54. The molecule has 106 valence electrons. The van der Waals surface area contributed by atoms with E-state index in [1.54, 1.807) is 35.2 Å². The predicted molar refractivity (Wildman–Crippen MR) is 79.6 cm³/mol. The van der Waals surface area contributed by atoms with Crippen LogP contribution in [0.2, 0.25) is 0 Å². The molecular weight excluding hydrogens is 256 g/mol. The molecule has 0 aliphatic carbocycles. The Kier molecular flexibility index (Phi) is 6.03. The largest absolute Gasteiger partial charge is 0.478 e. The van der Waals surface area contributed by atoms with Gasteiger partial charge >= 0.3 is 12.0 Å². The lowest BCUT2D eigenvalue weighted by atomic mass is 10.2. The van der Waals surface area contributed by atoms with E-state index >= 15 is 0 Å². The minimum absolute atomic E-state index is 0.216. The highest BCUT2D eigenvalue weighted by molar-refractivity contribution is 5.90. The molecule has 20 heavy (non-hydrogen) atoms. The molecule has 0 heterocycles. The summed E-state index contributed by atoms with van der Waals surface area (Å²) in [4.78, 5) is 24.0. The molecule has 0 saturated carbocycles. The SMILES string of the molecule is C=CCN(CC)C(=O)Nc1cccc(/C=C/C(=O)O)c1. The lowest BCUT2D eigenvalue weighted by molar-refractivity contribution is -0.131. The van der Waals surface area contributed by atoms with Crippen molar-refractivity contribution in [2.45, 2.75) is 6.92 Å². The number of aliphatic carboxylic acids is 1. The second-order valence-electron chi connectivity index (χ2n) is 4.05. The maximum Gasteiger partial charge on any atom is 0.328 e. The molecule has 2 amide bonds. The third-order valence-electron chi connectivity index (χ3n) is 2.57. The Balaban J connectivity index is 2.77. The van der Waals surface area contributed by atoms with E-state index < -0.39 is 5.97 Å². The molecule has 5 heteroatoms. The molecule has 5 nitrogen and oxygen atoms in total. The molecule has 2 N–H and O–H groups in total. The van der Waals surface area contributed by atoms with Gasteiger partial charge in [-0.05, 0) is 30.7 Å². The number of rotatable bonds is 6. The van der Waals surface area contributed by atoms with Crippen LogP contribution in [-0.2, 0) is 4.79 Å². The smallest absolute Gasteiger partial charge is 0.328 e. The van der Waals surface area contributed by atoms with Gasteiger partial charge in [0.05, 0.1) is 0 Å². The van der Waals surface area contributed by atoms with Crippen molar-refractivity contribution in [2.24, 2.45) is 0 Å². The van der Waals surface area contributed by atoms with Crippen molar-refractivity contribution >= 4 is 23.8 Å². The molecule has 1 aromatic carbocycles. The number of anilines is 1. The maximum absolute atomic E-state index is 12.0. The molecule has 0 atom stereocenters. The Hall–Kier alpha value is -2.56. The summed E-state index contributed by atoms with van der Waals surface area (Å²) in [5, 5.41) is 11.3. The van der Waals surface area contributed by atoms with E-state index in [2.05, 4.69) is 11.9 Å². The van der Waals surface area contributed by atoms with Gasteiger partial charge in [0, 0.05) is 24.9 Å². The van der Waals surface area contributed by atoms with Crippen molar-refractivity contribution in [1.29, 1.82) is 0 Å². The number of nitrogens with one attached hydrogen (secondary N) is 1. The second kappa shape index (κ2) is 7.78. The zero-order valence-corrected chi connectivity index (χ0v) is 11.4. The number of benzene rings is 1. The van der Waals surface area contributed by atoms with Crippen LogP contribution in [-0.4, -0.2) is 35.1 Å². The standard InChI is InChI=1S/C15H18N2O3/c1-3-10-17(4-2)15(20)16-13-7-5-6-12(11-13)8-9-14(18)19/h3,5-9,11H,1,4,10H2,2H3,(H,16,20)(H,18,19)/b9-8+. The van der Waals surface area contributed by atoms with Crippen molar-refractivity contribution in [3.8, 4) is 0 Å². The minimum atomic E-state index is -1.01. The van der Waals surface area contributed by atoms with Gasteiger partial charge in [-0.15, -0.1) is 6.58 Å². The minimum Gasteiger partial charge on any atom is -0.478 e. The van der Waals surface area contributed by atoms with Gasteiger partial charge in [-0.25, -0.2) is 9.59 Å². The van der Waals surface area contributed by atoms with Crippen LogP contribution in [0.5, 0.6) is 0 Å². The topological polar surface area (TPSA) is 69.6 Å². The normalized spacial score (nSPS) is 10.2. The first-order valence-corrected chi connectivity index (χ1v) is 6.24. The average molecular weight is 274 g/mol. The Labute approximate surface area is 118 Å². The molecule has 1 aromatic rings. The number of nitrogens with zero attached hydrogens (tertiary/aromatic N) is 1. The quantitative estimate of drug-likeness (QED) is 0.619. The molecule has 1 rings (SSSR count). The first kappa shape index (κ1) is 15.5. The first-order valence-electron chi connectivity index (χ1n) is 6.24. The summed E-state index contributed by atoms with van der Waals surface area (Å²) < 4.78 is 0. The van der Waals surface area contributed by atoms with Gasteiger partial charge in [0.2, 0.25) is 0 Å². The predicted octanol–water partition coefficient (Wildman–Crippen LogP) is 2.82. The van der Waals surface area contributed by atoms with Crippen molar-refractivity contribution < 1.29 is 14.7 Å². The Morgan fingerprint density at radius 2 is 2.20 bits per heavy atom. The van der Waals surface area contributed by atoms with E-state index in [4.69, 9.17) is 5.11 Å². The lowest BCUT2D eigenvalue weighted by Crippen LogP contribution is -2.34. The molecule has 0 aliphatic heterocycles. The van der Waals surface area contributed by atoms with Crippen LogP contribution >= 0.6 is 0 Å². The number of hydrogen-bond donors (Lipinski definition) is 2.